The highest BCUT2D eigenvalue weighted by atomic mass is 16.5. The van der Waals surface area contributed by atoms with E-state index < -0.39 is 54.4 Å². The summed E-state index contributed by atoms with van der Waals surface area (Å²) in [4.78, 5) is 33.7. The van der Waals surface area contributed by atoms with Crippen molar-refractivity contribution in [3.8, 4) is 0 Å². The van der Waals surface area contributed by atoms with Crippen LogP contribution in [0.4, 0.5) is 0 Å². The van der Waals surface area contributed by atoms with E-state index in [2.05, 4.69) is 0 Å². The summed E-state index contributed by atoms with van der Waals surface area (Å²) in [6.07, 6.45) is 0. The third kappa shape index (κ3) is 4.01. The molecule has 1 aromatic carbocycles. The fourth-order valence-electron chi connectivity index (χ4n) is 1.47. The van der Waals surface area contributed by atoms with Gasteiger partial charge >= 0.3 is 17.9 Å². The summed E-state index contributed by atoms with van der Waals surface area (Å²) < 4.78 is 4.79. The maximum absolute atomic E-state index is 11.8. The molecule has 0 heterocycles. The Kier molecular flexibility index (Phi) is 5.57. The molecule has 120 valence electrons. The molecule has 1 aromatic rings. The lowest BCUT2D eigenvalue weighted by atomic mass is 10.0. The number of esters is 1. The first-order chi connectivity index (χ1) is 10.2. The highest BCUT2D eigenvalue weighted by Crippen LogP contribution is 2.14. The average molecular weight is 313 g/mol. The molecule has 0 saturated heterocycles. The van der Waals surface area contributed by atoms with Gasteiger partial charge in [0, 0.05) is 0 Å². The summed E-state index contributed by atoms with van der Waals surface area (Å²) in [6, 6.07) is 2.93. The molecule has 0 amide bonds. The van der Waals surface area contributed by atoms with Gasteiger partial charge in [0.1, 0.15) is 6.61 Å². The normalized spacial score (nSPS) is 11.0. The summed E-state index contributed by atoms with van der Waals surface area (Å²) in [5, 5.41) is 35.7. The van der Waals surface area contributed by atoms with E-state index in [-0.39, 0.29) is 5.56 Å². The van der Waals surface area contributed by atoms with Gasteiger partial charge in [0.15, 0.2) is 0 Å². The summed E-state index contributed by atoms with van der Waals surface area (Å²) in [6.45, 7) is -1.76. The molecule has 9 heteroatoms. The Balaban J connectivity index is 2.98. The average Bonchev–Trinajstić information content (AvgIpc) is 2.51. The number of aromatic carboxylic acids is 2. The third-order valence-corrected chi connectivity index (χ3v) is 2.84. The van der Waals surface area contributed by atoms with Gasteiger partial charge in [-0.25, -0.2) is 14.4 Å². The highest BCUT2D eigenvalue weighted by molar-refractivity contribution is 6.03. The van der Waals surface area contributed by atoms with E-state index in [9.17, 15) is 14.4 Å². The fourth-order valence-corrected chi connectivity index (χ4v) is 1.47. The summed E-state index contributed by atoms with van der Waals surface area (Å²) in [5.41, 5.74) is 2.77. The van der Waals surface area contributed by atoms with E-state index in [1.165, 1.54) is 0 Å². The van der Waals surface area contributed by atoms with Gasteiger partial charge in [-0.3, -0.25) is 0 Å². The van der Waals surface area contributed by atoms with Crippen molar-refractivity contribution in [3.05, 3.63) is 34.9 Å². The van der Waals surface area contributed by atoms with Crippen LogP contribution in [0.2, 0.25) is 0 Å². The second-order valence-corrected chi connectivity index (χ2v) is 4.63. The molecule has 0 radical (unpaired) electrons. The van der Waals surface area contributed by atoms with Crippen LogP contribution < -0.4 is 5.73 Å². The van der Waals surface area contributed by atoms with Crippen LogP contribution in [-0.4, -0.2) is 63.7 Å². The topological polar surface area (TPSA) is 167 Å². The van der Waals surface area contributed by atoms with Gasteiger partial charge in [-0.1, -0.05) is 0 Å². The van der Waals surface area contributed by atoms with Crippen LogP contribution in [0, 0.1) is 0 Å². The number of carboxylic acids is 2. The molecule has 0 aliphatic carbocycles. The Bertz CT molecular complexity index is 594. The molecule has 0 atom stereocenters. The lowest BCUT2D eigenvalue weighted by molar-refractivity contribution is 0.0209. The number of carboxylic acid groups (broad SMARTS) is 2. The van der Waals surface area contributed by atoms with Gasteiger partial charge in [-0.2, -0.15) is 0 Å². The standard InChI is InChI=1S/C13H15NO8/c14-13(4-15,5-16)6-22-12(21)7-1-2-8(10(17)18)9(3-7)11(19)20/h1-3,15-16H,4-6,14H2,(H,17,18)(H,19,20). The van der Waals surface area contributed by atoms with Crippen molar-refractivity contribution in [2.24, 2.45) is 5.73 Å². The number of hydrogen-bond donors (Lipinski definition) is 5. The summed E-state index contributed by atoms with van der Waals surface area (Å²) in [5.74, 6) is -3.92. The Hall–Kier alpha value is -2.49. The lowest BCUT2D eigenvalue weighted by Gasteiger charge is -2.23. The van der Waals surface area contributed by atoms with Crippen molar-refractivity contribution in [2.75, 3.05) is 19.8 Å². The van der Waals surface area contributed by atoms with Crippen molar-refractivity contribution in [2.45, 2.75) is 5.54 Å². The zero-order chi connectivity index (χ0) is 16.9. The SMILES string of the molecule is NC(CO)(CO)COC(=O)c1ccc(C(=O)O)c(C(=O)O)c1. The van der Waals surface area contributed by atoms with Crippen molar-refractivity contribution in [1.29, 1.82) is 0 Å². The van der Waals surface area contributed by atoms with Gasteiger partial charge in [0.25, 0.3) is 0 Å². The van der Waals surface area contributed by atoms with Gasteiger partial charge in [0.2, 0.25) is 0 Å². The van der Waals surface area contributed by atoms with Gasteiger partial charge in [0.05, 0.1) is 35.4 Å². The van der Waals surface area contributed by atoms with E-state index in [0.29, 0.717) is 0 Å². The molecule has 0 aliphatic rings. The Morgan fingerprint density at radius 1 is 1.05 bits per heavy atom. The molecular weight excluding hydrogens is 298 g/mol. The lowest BCUT2D eigenvalue weighted by Crippen LogP contribution is -2.51. The second-order valence-electron chi connectivity index (χ2n) is 4.63. The molecule has 0 aliphatic heterocycles. The molecule has 0 saturated carbocycles. The van der Waals surface area contributed by atoms with Crippen molar-refractivity contribution >= 4 is 17.9 Å². The number of carbonyl (C=O) groups excluding carboxylic acids is 1. The number of ether oxygens (including phenoxy) is 1. The number of rotatable bonds is 7. The van der Waals surface area contributed by atoms with Crippen LogP contribution in [-0.2, 0) is 4.74 Å². The molecule has 1 rings (SSSR count). The summed E-state index contributed by atoms with van der Waals surface area (Å²) in [7, 11) is 0. The van der Waals surface area contributed by atoms with E-state index >= 15 is 0 Å². The second kappa shape index (κ2) is 6.98. The number of nitrogens with two attached hydrogens (primary N) is 1. The minimum atomic E-state index is -1.52. The molecule has 0 aromatic heterocycles. The molecule has 6 N–H and O–H groups in total. The van der Waals surface area contributed by atoms with Crippen molar-refractivity contribution in [3.63, 3.8) is 0 Å². The molecule has 0 fully saturated rings. The van der Waals surface area contributed by atoms with Crippen LogP contribution in [0.1, 0.15) is 31.1 Å². The van der Waals surface area contributed by atoms with E-state index in [4.69, 9.17) is 30.9 Å². The number of benzene rings is 1. The van der Waals surface area contributed by atoms with E-state index in [0.717, 1.165) is 18.2 Å². The first kappa shape index (κ1) is 17.6. The zero-order valence-corrected chi connectivity index (χ0v) is 11.4. The quantitative estimate of drug-likeness (QED) is 0.393. The maximum Gasteiger partial charge on any atom is 0.338 e. The van der Waals surface area contributed by atoms with Crippen LogP contribution in [0.25, 0.3) is 0 Å². The minimum absolute atomic E-state index is 0.194. The largest absolute Gasteiger partial charge is 0.478 e. The van der Waals surface area contributed by atoms with Gasteiger partial charge < -0.3 is 30.9 Å². The first-order valence-corrected chi connectivity index (χ1v) is 6.02. The van der Waals surface area contributed by atoms with Crippen LogP contribution in [0.5, 0.6) is 0 Å². The highest BCUT2D eigenvalue weighted by Gasteiger charge is 2.26. The van der Waals surface area contributed by atoms with Crippen molar-refractivity contribution in [1.82, 2.24) is 0 Å². The molecule has 0 bridgehead atoms. The third-order valence-electron chi connectivity index (χ3n) is 2.84. The molecule has 9 nitrogen and oxygen atoms in total. The number of aliphatic hydroxyl groups is 2. The van der Waals surface area contributed by atoms with Crippen LogP contribution >= 0.6 is 0 Å². The first-order valence-electron chi connectivity index (χ1n) is 6.02. The fraction of sp³-hybridized carbons (Fsp3) is 0.308. The number of aliphatic hydroxyl groups excluding tert-OH is 2. The van der Waals surface area contributed by atoms with E-state index in [1.807, 2.05) is 0 Å². The molecule has 22 heavy (non-hydrogen) atoms. The molecule has 0 spiro atoms. The van der Waals surface area contributed by atoms with Gasteiger partial charge in [-0.15, -0.1) is 0 Å². The van der Waals surface area contributed by atoms with Gasteiger partial charge in [-0.05, 0) is 18.2 Å². The predicted octanol–water partition coefficient (Wildman–Crippen LogP) is -1.08. The van der Waals surface area contributed by atoms with Crippen molar-refractivity contribution < 1.29 is 39.5 Å². The predicted molar refractivity (Wildman–Crippen MR) is 71.7 cm³/mol. The number of hydrogen-bond acceptors (Lipinski definition) is 7. The Labute approximate surface area is 124 Å². The van der Waals surface area contributed by atoms with E-state index in [1.54, 1.807) is 0 Å². The number of carbonyl (C=O) groups is 3. The summed E-state index contributed by atoms with van der Waals surface area (Å²) >= 11 is 0. The molecular formula is C13H15NO8. The smallest absolute Gasteiger partial charge is 0.338 e. The van der Waals surface area contributed by atoms with Crippen LogP contribution in [0.15, 0.2) is 18.2 Å². The Morgan fingerprint density at radius 2 is 1.59 bits per heavy atom. The molecule has 0 unspecified atom stereocenters. The minimum Gasteiger partial charge on any atom is -0.478 e. The maximum atomic E-state index is 11.8. The zero-order valence-electron chi connectivity index (χ0n) is 11.4. The Morgan fingerprint density at radius 3 is 2.05 bits per heavy atom. The van der Waals surface area contributed by atoms with Crippen LogP contribution in [0.3, 0.4) is 0 Å². The monoisotopic (exact) mass is 313 g/mol.